The van der Waals surface area contributed by atoms with E-state index < -0.39 is 5.41 Å². The van der Waals surface area contributed by atoms with Crippen molar-refractivity contribution in [1.82, 2.24) is 4.90 Å². The molecule has 2 fully saturated rings. The summed E-state index contributed by atoms with van der Waals surface area (Å²) in [5, 5.41) is 2.07. The van der Waals surface area contributed by atoms with Crippen LogP contribution in [0.15, 0.2) is 41.8 Å². The third kappa shape index (κ3) is 3.86. The van der Waals surface area contributed by atoms with E-state index in [0.29, 0.717) is 13.0 Å². The maximum Gasteiger partial charge on any atom is 0.225 e. The molecule has 5 heteroatoms. The van der Waals surface area contributed by atoms with Crippen LogP contribution in [0.25, 0.3) is 10.4 Å². The first kappa shape index (κ1) is 19.2. The van der Waals surface area contributed by atoms with Gasteiger partial charge in [-0.25, -0.2) is 0 Å². The molecule has 1 aromatic carbocycles. The standard InChI is InChI=1S/C23H28N2O2S/c24-22(27)23(11-5-12-25(16-23)21(26)18-7-1-2-8-18)15-17-6-3-9-19(14-17)20-10-4-13-28-20/h3-4,6,9-10,13-14,18H,1-2,5,7-8,11-12,15-16H2,(H2,24,27). The maximum absolute atomic E-state index is 12.9. The quantitative estimate of drug-likeness (QED) is 0.821. The van der Waals surface area contributed by atoms with Crippen molar-refractivity contribution in [3.8, 4) is 10.4 Å². The molecule has 1 unspecified atom stereocenters. The Labute approximate surface area is 170 Å². The average molecular weight is 397 g/mol. The third-order valence-corrected chi connectivity index (χ3v) is 7.31. The smallest absolute Gasteiger partial charge is 0.225 e. The number of rotatable bonds is 5. The summed E-state index contributed by atoms with van der Waals surface area (Å²) in [6.45, 7) is 1.21. The summed E-state index contributed by atoms with van der Waals surface area (Å²) in [6.07, 6.45) is 6.44. The molecule has 28 heavy (non-hydrogen) atoms. The molecule has 0 radical (unpaired) electrons. The van der Waals surface area contributed by atoms with Crippen molar-refractivity contribution in [2.24, 2.45) is 17.1 Å². The van der Waals surface area contributed by atoms with E-state index >= 15 is 0 Å². The van der Waals surface area contributed by atoms with Crippen molar-refractivity contribution in [3.63, 3.8) is 0 Å². The lowest BCUT2D eigenvalue weighted by atomic mass is 9.74. The van der Waals surface area contributed by atoms with E-state index in [9.17, 15) is 9.59 Å². The minimum atomic E-state index is -0.666. The van der Waals surface area contributed by atoms with E-state index in [4.69, 9.17) is 5.73 Å². The zero-order chi connectivity index (χ0) is 19.6. The Morgan fingerprint density at radius 3 is 2.68 bits per heavy atom. The van der Waals surface area contributed by atoms with Crippen molar-refractivity contribution < 1.29 is 9.59 Å². The average Bonchev–Trinajstić information content (AvgIpc) is 3.42. The molecule has 2 aromatic rings. The Hall–Kier alpha value is -2.14. The molecule has 1 aliphatic carbocycles. The van der Waals surface area contributed by atoms with Gasteiger partial charge in [0.05, 0.1) is 5.41 Å². The monoisotopic (exact) mass is 396 g/mol. The molecule has 1 saturated heterocycles. The van der Waals surface area contributed by atoms with Gasteiger partial charge in [0.15, 0.2) is 0 Å². The van der Waals surface area contributed by atoms with Crippen molar-refractivity contribution >= 4 is 23.2 Å². The van der Waals surface area contributed by atoms with Crippen LogP contribution in [0.4, 0.5) is 0 Å². The second-order valence-corrected chi connectivity index (χ2v) is 9.29. The molecule has 2 N–H and O–H groups in total. The van der Waals surface area contributed by atoms with Gasteiger partial charge in [-0.05, 0) is 54.7 Å². The molecule has 1 saturated carbocycles. The summed E-state index contributed by atoms with van der Waals surface area (Å²) in [4.78, 5) is 28.7. The molecular weight excluding hydrogens is 368 g/mol. The molecule has 1 aliphatic heterocycles. The predicted octanol–water partition coefficient (Wildman–Crippen LogP) is 4.24. The van der Waals surface area contributed by atoms with E-state index in [1.807, 2.05) is 17.0 Å². The van der Waals surface area contributed by atoms with Gasteiger partial charge >= 0.3 is 0 Å². The van der Waals surface area contributed by atoms with Crippen molar-refractivity contribution in [2.45, 2.75) is 44.9 Å². The molecule has 148 valence electrons. The van der Waals surface area contributed by atoms with Crippen molar-refractivity contribution in [2.75, 3.05) is 13.1 Å². The number of hydrogen-bond acceptors (Lipinski definition) is 3. The topological polar surface area (TPSA) is 63.4 Å². The number of nitrogens with zero attached hydrogens (tertiary/aromatic N) is 1. The van der Waals surface area contributed by atoms with Crippen molar-refractivity contribution in [3.05, 3.63) is 47.3 Å². The van der Waals surface area contributed by atoms with Gasteiger partial charge < -0.3 is 10.6 Å². The lowest BCUT2D eigenvalue weighted by Gasteiger charge is -2.41. The van der Waals surface area contributed by atoms with E-state index in [1.54, 1.807) is 11.3 Å². The van der Waals surface area contributed by atoms with Gasteiger partial charge in [-0.3, -0.25) is 9.59 Å². The number of thiophene rings is 1. The minimum absolute atomic E-state index is 0.144. The predicted molar refractivity (Wildman–Crippen MR) is 113 cm³/mol. The molecule has 2 amide bonds. The fourth-order valence-electron chi connectivity index (χ4n) is 4.85. The van der Waals surface area contributed by atoms with Crippen LogP contribution in [-0.2, 0) is 16.0 Å². The first-order valence-electron chi connectivity index (χ1n) is 10.3. The van der Waals surface area contributed by atoms with Crippen LogP contribution in [0, 0.1) is 11.3 Å². The molecular formula is C23H28N2O2S. The summed E-state index contributed by atoms with van der Waals surface area (Å²) in [5.74, 6) is 0.0962. The van der Waals surface area contributed by atoms with Gasteiger partial charge in [0.2, 0.25) is 11.8 Å². The lowest BCUT2D eigenvalue weighted by Crippen LogP contribution is -2.54. The number of hydrogen-bond donors (Lipinski definition) is 1. The van der Waals surface area contributed by atoms with Gasteiger partial charge in [0.1, 0.15) is 0 Å². The second kappa shape index (κ2) is 8.08. The number of benzene rings is 1. The SMILES string of the molecule is NC(=O)C1(Cc2cccc(-c3cccs3)c2)CCCN(C(=O)C2CCCC2)C1. The zero-order valence-electron chi connectivity index (χ0n) is 16.2. The van der Waals surface area contributed by atoms with Gasteiger partial charge in [0, 0.05) is 23.9 Å². The Balaban J connectivity index is 1.55. The number of amides is 2. The minimum Gasteiger partial charge on any atom is -0.369 e. The molecule has 4 rings (SSSR count). The number of likely N-dealkylation sites (tertiary alicyclic amines) is 1. The highest BCUT2D eigenvalue weighted by molar-refractivity contribution is 7.13. The first-order chi connectivity index (χ1) is 13.6. The second-order valence-electron chi connectivity index (χ2n) is 8.34. The van der Waals surface area contributed by atoms with Gasteiger partial charge in [-0.1, -0.05) is 43.2 Å². The summed E-state index contributed by atoms with van der Waals surface area (Å²) in [6, 6.07) is 12.5. The molecule has 0 spiro atoms. The van der Waals surface area contributed by atoms with Crippen LogP contribution in [0.3, 0.4) is 0 Å². The number of piperidine rings is 1. The van der Waals surface area contributed by atoms with Crippen molar-refractivity contribution in [1.29, 1.82) is 0 Å². The van der Waals surface area contributed by atoms with Gasteiger partial charge in [0.25, 0.3) is 0 Å². The highest BCUT2D eigenvalue weighted by Crippen LogP contribution is 2.37. The van der Waals surface area contributed by atoms with E-state index in [1.165, 1.54) is 10.4 Å². The van der Waals surface area contributed by atoms with E-state index in [-0.39, 0.29) is 17.7 Å². The van der Waals surface area contributed by atoms with E-state index in [0.717, 1.165) is 50.6 Å². The van der Waals surface area contributed by atoms with E-state index in [2.05, 4.69) is 29.6 Å². The first-order valence-corrected chi connectivity index (χ1v) is 11.2. The molecule has 1 aromatic heterocycles. The van der Waals surface area contributed by atoms with Crippen LogP contribution in [0.5, 0.6) is 0 Å². The Morgan fingerprint density at radius 2 is 1.96 bits per heavy atom. The fraction of sp³-hybridized carbons (Fsp3) is 0.478. The Morgan fingerprint density at radius 1 is 1.14 bits per heavy atom. The normalized spacial score (nSPS) is 23.1. The summed E-state index contributed by atoms with van der Waals surface area (Å²) in [5.41, 5.74) is 7.54. The molecule has 1 atom stereocenters. The molecule has 0 bridgehead atoms. The van der Waals surface area contributed by atoms with Crippen LogP contribution >= 0.6 is 11.3 Å². The number of nitrogens with two attached hydrogens (primary N) is 1. The van der Waals surface area contributed by atoms with Crippen LogP contribution < -0.4 is 5.73 Å². The Bertz CT molecular complexity index is 842. The largest absolute Gasteiger partial charge is 0.369 e. The highest BCUT2D eigenvalue weighted by Gasteiger charge is 2.43. The van der Waals surface area contributed by atoms with Gasteiger partial charge in [-0.2, -0.15) is 0 Å². The fourth-order valence-corrected chi connectivity index (χ4v) is 5.58. The van der Waals surface area contributed by atoms with Crippen LogP contribution in [-0.4, -0.2) is 29.8 Å². The summed E-state index contributed by atoms with van der Waals surface area (Å²) in [7, 11) is 0. The molecule has 4 nitrogen and oxygen atoms in total. The highest BCUT2D eigenvalue weighted by atomic mass is 32.1. The third-order valence-electron chi connectivity index (χ3n) is 6.39. The maximum atomic E-state index is 12.9. The summed E-state index contributed by atoms with van der Waals surface area (Å²) >= 11 is 1.71. The number of carbonyl (C=O) groups excluding carboxylic acids is 2. The Kier molecular flexibility index (Phi) is 5.54. The number of carbonyl (C=O) groups is 2. The van der Waals surface area contributed by atoms with Crippen LogP contribution in [0.1, 0.15) is 44.1 Å². The van der Waals surface area contributed by atoms with Crippen LogP contribution in [0.2, 0.25) is 0 Å². The summed E-state index contributed by atoms with van der Waals surface area (Å²) < 4.78 is 0. The van der Waals surface area contributed by atoms with Gasteiger partial charge in [-0.15, -0.1) is 11.3 Å². The molecule has 2 aliphatic rings. The lowest BCUT2D eigenvalue weighted by molar-refractivity contribution is -0.142. The zero-order valence-corrected chi connectivity index (χ0v) is 17.0. The number of primary amides is 1. The molecule has 2 heterocycles.